The maximum absolute atomic E-state index is 12.0. The maximum Gasteiger partial charge on any atom is 0.246 e. The average molecular weight is 353 g/mol. The first-order chi connectivity index (χ1) is 12.7. The molecule has 2 aromatic carbocycles. The van der Waals surface area contributed by atoms with Gasteiger partial charge in [0.1, 0.15) is 11.5 Å². The fourth-order valence-corrected chi connectivity index (χ4v) is 2.35. The SMILES string of the molecule is COc1ccc(CC(=O)NCc2nc(-c3ccc(OC)cc3)no2)cc1. The molecule has 0 fully saturated rings. The Bertz CT molecular complexity index is 857. The third-order valence-corrected chi connectivity index (χ3v) is 3.78. The summed E-state index contributed by atoms with van der Waals surface area (Å²) >= 11 is 0. The summed E-state index contributed by atoms with van der Waals surface area (Å²) in [7, 11) is 3.21. The summed E-state index contributed by atoms with van der Waals surface area (Å²) in [5.74, 6) is 2.19. The van der Waals surface area contributed by atoms with Crippen LogP contribution in [0.15, 0.2) is 53.1 Å². The highest BCUT2D eigenvalue weighted by Gasteiger charge is 2.10. The van der Waals surface area contributed by atoms with Crippen molar-refractivity contribution in [2.45, 2.75) is 13.0 Å². The van der Waals surface area contributed by atoms with Crippen molar-refractivity contribution in [1.29, 1.82) is 0 Å². The van der Waals surface area contributed by atoms with Crippen molar-refractivity contribution < 1.29 is 18.8 Å². The molecule has 26 heavy (non-hydrogen) atoms. The Hall–Kier alpha value is -3.35. The van der Waals surface area contributed by atoms with E-state index in [1.807, 2.05) is 48.5 Å². The zero-order chi connectivity index (χ0) is 18.4. The molecule has 0 aliphatic heterocycles. The van der Waals surface area contributed by atoms with Crippen molar-refractivity contribution >= 4 is 5.91 Å². The maximum atomic E-state index is 12.0. The molecule has 7 heteroatoms. The van der Waals surface area contributed by atoms with Crippen LogP contribution in [0.3, 0.4) is 0 Å². The molecule has 0 unspecified atom stereocenters. The lowest BCUT2D eigenvalue weighted by Crippen LogP contribution is -2.24. The predicted octanol–water partition coefficient (Wildman–Crippen LogP) is 2.61. The summed E-state index contributed by atoms with van der Waals surface area (Å²) in [5, 5.41) is 6.70. The molecule has 0 saturated heterocycles. The molecular formula is C19H19N3O4. The van der Waals surface area contributed by atoms with E-state index in [9.17, 15) is 4.79 Å². The van der Waals surface area contributed by atoms with Crippen LogP contribution >= 0.6 is 0 Å². The van der Waals surface area contributed by atoms with Gasteiger partial charge in [-0.1, -0.05) is 17.3 Å². The Morgan fingerprint density at radius 2 is 1.62 bits per heavy atom. The van der Waals surface area contributed by atoms with Gasteiger partial charge in [0.15, 0.2) is 0 Å². The van der Waals surface area contributed by atoms with Gasteiger partial charge in [-0.2, -0.15) is 4.98 Å². The molecule has 7 nitrogen and oxygen atoms in total. The lowest BCUT2D eigenvalue weighted by Gasteiger charge is -2.04. The third kappa shape index (κ3) is 4.38. The molecule has 3 rings (SSSR count). The van der Waals surface area contributed by atoms with Crippen LogP contribution in [-0.2, 0) is 17.8 Å². The predicted molar refractivity (Wildman–Crippen MR) is 94.8 cm³/mol. The summed E-state index contributed by atoms with van der Waals surface area (Å²) in [4.78, 5) is 16.3. The molecule has 0 bridgehead atoms. The van der Waals surface area contributed by atoms with Gasteiger partial charge < -0.3 is 19.3 Å². The molecule has 3 aromatic rings. The highest BCUT2D eigenvalue weighted by molar-refractivity contribution is 5.78. The van der Waals surface area contributed by atoms with Crippen LogP contribution in [0.2, 0.25) is 0 Å². The van der Waals surface area contributed by atoms with Crippen molar-refractivity contribution in [3.8, 4) is 22.9 Å². The van der Waals surface area contributed by atoms with Crippen LogP contribution in [0.5, 0.6) is 11.5 Å². The zero-order valence-electron chi connectivity index (χ0n) is 14.6. The van der Waals surface area contributed by atoms with Gasteiger partial charge in [-0.05, 0) is 42.0 Å². The number of rotatable bonds is 7. The lowest BCUT2D eigenvalue weighted by atomic mass is 10.1. The molecule has 0 spiro atoms. The first kappa shape index (κ1) is 17.5. The molecule has 1 N–H and O–H groups in total. The second-order valence-electron chi connectivity index (χ2n) is 5.54. The van der Waals surface area contributed by atoms with E-state index in [0.29, 0.717) is 11.7 Å². The quantitative estimate of drug-likeness (QED) is 0.703. The van der Waals surface area contributed by atoms with E-state index in [2.05, 4.69) is 15.5 Å². The largest absolute Gasteiger partial charge is 0.497 e. The summed E-state index contributed by atoms with van der Waals surface area (Å²) in [5.41, 5.74) is 1.71. The fourth-order valence-electron chi connectivity index (χ4n) is 2.35. The van der Waals surface area contributed by atoms with Crippen LogP contribution in [0, 0.1) is 0 Å². The number of ether oxygens (including phenoxy) is 2. The van der Waals surface area contributed by atoms with E-state index in [0.717, 1.165) is 22.6 Å². The minimum Gasteiger partial charge on any atom is -0.497 e. The van der Waals surface area contributed by atoms with E-state index < -0.39 is 0 Å². The number of hydrogen-bond donors (Lipinski definition) is 1. The Morgan fingerprint density at radius 3 is 2.23 bits per heavy atom. The van der Waals surface area contributed by atoms with Crippen LogP contribution in [0.25, 0.3) is 11.4 Å². The van der Waals surface area contributed by atoms with Crippen LogP contribution < -0.4 is 14.8 Å². The van der Waals surface area contributed by atoms with E-state index in [4.69, 9.17) is 14.0 Å². The minimum absolute atomic E-state index is 0.126. The van der Waals surface area contributed by atoms with Crippen LogP contribution in [-0.4, -0.2) is 30.3 Å². The number of methoxy groups -OCH3 is 2. The fraction of sp³-hybridized carbons (Fsp3) is 0.211. The van der Waals surface area contributed by atoms with Gasteiger partial charge in [0.2, 0.25) is 17.6 Å². The van der Waals surface area contributed by atoms with Gasteiger partial charge in [0.05, 0.1) is 27.2 Å². The Kier molecular flexibility index (Phi) is 5.48. The third-order valence-electron chi connectivity index (χ3n) is 3.78. The number of carbonyl (C=O) groups excluding carboxylic acids is 1. The zero-order valence-corrected chi connectivity index (χ0v) is 14.6. The summed E-state index contributed by atoms with van der Waals surface area (Å²) < 4.78 is 15.4. The topological polar surface area (TPSA) is 86.5 Å². The van der Waals surface area contributed by atoms with Gasteiger partial charge in [-0.15, -0.1) is 0 Å². The molecule has 0 saturated carbocycles. The van der Waals surface area contributed by atoms with E-state index in [-0.39, 0.29) is 18.9 Å². The van der Waals surface area contributed by atoms with Crippen molar-refractivity contribution in [2.24, 2.45) is 0 Å². The van der Waals surface area contributed by atoms with Crippen molar-refractivity contribution in [1.82, 2.24) is 15.5 Å². The van der Waals surface area contributed by atoms with Crippen molar-refractivity contribution in [2.75, 3.05) is 14.2 Å². The molecule has 0 aliphatic rings. The van der Waals surface area contributed by atoms with Gasteiger partial charge in [0, 0.05) is 5.56 Å². The highest BCUT2D eigenvalue weighted by Crippen LogP contribution is 2.19. The first-order valence-electron chi connectivity index (χ1n) is 8.04. The van der Waals surface area contributed by atoms with Crippen LogP contribution in [0.4, 0.5) is 0 Å². The second-order valence-corrected chi connectivity index (χ2v) is 5.54. The Labute approximate surface area is 150 Å². The Morgan fingerprint density at radius 1 is 1.00 bits per heavy atom. The molecule has 1 amide bonds. The molecular weight excluding hydrogens is 334 g/mol. The lowest BCUT2D eigenvalue weighted by molar-refractivity contribution is -0.120. The highest BCUT2D eigenvalue weighted by atomic mass is 16.5. The molecule has 0 aliphatic carbocycles. The van der Waals surface area contributed by atoms with Gasteiger partial charge >= 0.3 is 0 Å². The van der Waals surface area contributed by atoms with Crippen LogP contribution in [0.1, 0.15) is 11.5 Å². The normalized spacial score (nSPS) is 10.4. The number of nitrogens with one attached hydrogen (secondary N) is 1. The van der Waals surface area contributed by atoms with E-state index in [1.54, 1.807) is 14.2 Å². The van der Waals surface area contributed by atoms with Gasteiger partial charge in [0.25, 0.3) is 0 Å². The number of amides is 1. The standard InChI is InChI=1S/C19H19N3O4/c1-24-15-7-3-13(4-8-15)11-17(23)20-12-18-21-19(22-26-18)14-5-9-16(25-2)10-6-14/h3-10H,11-12H2,1-2H3,(H,20,23). The van der Waals surface area contributed by atoms with Gasteiger partial charge in [-0.3, -0.25) is 4.79 Å². The van der Waals surface area contributed by atoms with Gasteiger partial charge in [-0.25, -0.2) is 0 Å². The van der Waals surface area contributed by atoms with E-state index >= 15 is 0 Å². The Balaban J connectivity index is 1.54. The van der Waals surface area contributed by atoms with Crippen molar-refractivity contribution in [3.63, 3.8) is 0 Å². The molecule has 1 aromatic heterocycles. The summed E-state index contributed by atoms with van der Waals surface area (Å²) in [6.45, 7) is 0.179. The second kappa shape index (κ2) is 8.15. The average Bonchev–Trinajstić information content (AvgIpc) is 3.16. The number of nitrogens with zero attached hydrogens (tertiary/aromatic N) is 2. The first-order valence-corrected chi connectivity index (χ1v) is 8.04. The summed E-state index contributed by atoms with van der Waals surface area (Å²) in [6, 6.07) is 14.7. The molecule has 0 radical (unpaired) electrons. The van der Waals surface area contributed by atoms with E-state index in [1.165, 1.54) is 0 Å². The number of benzene rings is 2. The molecule has 134 valence electrons. The smallest absolute Gasteiger partial charge is 0.246 e. The minimum atomic E-state index is -0.126. The van der Waals surface area contributed by atoms with Crippen molar-refractivity contribution in [3.05, 3.63) is 60.0 Å². The molecule has 1 heterocycles. The number of carbonyl (C=O) groups is 1. The monoisotopic (exact) mass is 353 g/mol. The molecule has 0 atom stereocenters. The number of aromatic nitrogens is 2. The summed E-state index contributed by atoms with van der Waals surface area (Å²) in [6.07, 6.45) is 0.267. The number of hydrogen-bond acceptors (Lipinski definition) is 6.